The summed E-state index contributed by atoms with van der Waals surface area (Å²) in [5.41, 5.74) is 1.08. The Hall–Kier alpha value is -4.51. The van der Waals surface area contributed by atoms with E-state index in [1.807, 2.05) is 6.07 Å². The number of benzene rings is 3. The number of hydrogen-bond acceptors (Lipinski definition) is 6. The summed E-state index contributed by atoms with van der Waals surface area (Å²) in [6.07, 6.45) is 0. The normalized spacial score (nSPS) is 12.3. The Morgan fingerprint density at radius 3 is 2.28 bits per heavy atom. The fourth-order valence-electron chi connectivity index (χ4n) is 3.20. The molecule has 0 saturated carbocycles. The molecule has 7 nitrogen and oxygen atoms in total. The molecule has 1 aliphatic rings. The third-order valence-corrected chi connectivity index (χ3v) is 4.78. The van der Waals surface area contributed by atoms with Crippen LogP contribution in [0.4, 0.5) is 10.1 Å². The number of hydrogen-bond donors (Lipinski definition) is 0. The molecule has 0 radical (unpaired) electrons. The third-order valence-electron chi connectivity index (χ3n) is 4.78. The first-order valence-corrected chi connectivity index (χ1v) is 9.56. The summed E-state index contributed by atoms with van der Waals surface area (Å²) in [7, 11) is 0. The highest BCUT2D eigenvalue weighted by atomic mass is 19.1. The monoisotopic (exact) mass is 430 g/mol. The maximum Gasteiger partial charge on any atom is 0.338 e. The number of amides is 2. The number of anilines is 1. The van der Waals surface area contributed by atoms with Gasteiger partial charge in [-0.2, -0.15) is 5.26 Å². The molecule has 0 fully saturated rings. The van der Waals surface area contributed by atoms with Crippen LogP contribution in [0.15, 0.2) is 66.7 Å². The Bertz CT molecular complexity index is 1250. The second kappa shape index (κ2) is 8.70. The number of nitrogens with zero attached hydrogens (tertiary/aromatic N) is 2. The van der Waals surface area contributed by atoms with Crippen LogP contribution in [0.25, 0.3) is 0 Å². The van der Waals surface area contributed by atoms with Crippen molar-refractivity contribution in [2.75, 3.05) is 18.1 Å². The minimum Gasteiger partial charge on any atom is -0.490 e. The Balaban J connectivity index is 1.39. The predicted molar refractivity (Wildman–Crippen MR) is 111 cm³/mol. The van der Waals surface area contributed by atoms with Gasteiger partial charge in [0.15, 0.2) is 0 Å². The van der Waals surface area contributed by atoms with Gasteiger partial charge in [-0.15, -0.1) is 0 Å². The molecular formula is C24H15FN2O5. The van der Waals surface area contributed by atoms with Gasteiger partial charge in [-0.1, -0.05) is 0 Å². The number of carbonyl (C=O) groups is 3. The summed E-state index contributed by atoms with van der Waals surface area (Å²) in [6.45, 7) is 0.0584. The molecule has 0 N–H and O–H groups in total. The number of halogens is 1. The van der Waals surface area contributed by atoms with Crippen LogP contribution in [0.3, 0.4) is 0 Å². The molecule has 0 spiro atoms. The maximum absolute atomic E-state index is 13.2. The van der Waals surface area contributed by atoms with E-state index < -0.39 is 23.6 Å². The van der Waals surface area contributed by atoms with Crippen LogP contribution in [-0.2, 0) is 4.74 Å². The lowest BCUT2D eigenvalue weighted by atomic mass is 10.1. The van der Waals surface area contributed by atoms with E-state index in [1.165, 1.54) is 30.3 Å². The van der Waals surface area contributed by atoms with Crippen LogP contribution in [0.5, 0.6) is 5.75 Å². The number of fused-ring (bicyclic) bond motifs is 1. The van der Waals surface area contributed by atoms with Crippen molar-refractivity contribution in [1.29, 1.82) is 5.26 Å². The Morgan fingerprint density at radius 2 is 1.59 bits per heavy atom. The molecule has 2 amide bonds. The van der Waals surface area contributed by atoms with Gasteiger partial charge in [-0.05, 0) is 66.7 Å². The van der Waals surface area contributed by atoms with Crippen molar-refractivity contribution >= 4 is 23.5 Å². The Labute approximate surface area is 182 Å². The lowest BCUT2D eigenvalue weighted by Gasteiger charge is -2.13. The summed E-state index contributed by atoms with van der Waals surface area (Å²) < 4.78 is 23.8. The highest BCUT2D eigenvalue weighted by Crippen LogP contribution is 2.29. The molecule has 0 aromatic heterocycles. The molecule has 158 valence electrons. The van der Waals surface area contributed by atoms with Crippen LogP contribution in [0.1, 0.15) is 36.6 Å². The van der Waals surface area contributed by atoms with E-state index in [4.69, 9.17) is 14.7 Å². The van der Waals surface area contributed by atoms with Crippen LogP contribution >= 0.6 is 0 Å². The summed E-state index contributed by atoms with van der Waals surface area (Å²) in [5.74, 6) is -1.78. The molecule has 0 aliphatic carbocycles. The van der Waals surface area contributed by atoms with Crippen molar-refractivity contribution in [3.8, 4) is 11.8 Å². The number of ether oxygens (including phenoxy) is 2. The first-order chi connectivity index (χ1) is 15.5. The van der Waals surface area contributed by atoms with Gasteiger partial charge in [-0.3, -0.25) is 9.59 Å². The van der Waals surface area contributed by atoms with Crippen molar-refractivity contribution < 1.29 is 28.2 Å². The van der Waals surface area contributed by atoms with Crippen molar-refractivity contribution in [3.05, 3.63) is 94.8 Å². The zero-order valence-corrected chi connectivity index (χ0v) is 16.6. The smallest absolute Gasteiger partial charge is 0.338 e. The highest BCUT2D eigenvalue weighted by Gasteiger charge is 2.37. The van der Waals surface area contributed by atoms with Gasteiger partial charge in [0.1, 0.15) is 24.8 Å². The standard InChI is InChI=1S/C24H15FN2O5/c25-17-4-6-18(7-5-17)27-22(28)20-10-3-16(13-21(20)23(27)29)24(30)32-12-11-31-19-8-1-15(14-26)2-9-19/h1-10,13H,11-12H2. The van der Waals surface area contributed by atoms with Gasteiger partial charge in [0.05, 0.1) is 34.0 Å². The lowest BCUT2D eigenvalue weighted by molar-refractivity contribution is 0.0450. The number of rotatable bonds is 6. The van der Waals surface area contributed by atoms with Gasteiger partial charge in [-0.25, -0.2) is 14.1 Å². The molecule has 0 atom stereocenters. The Kier molecular flexibility index (Phi) is 5.64. The molecule has 1 aliphatic heterocycles. The fourth-order valence-corrected chi connectivity index (χ4v) is 3.20. The zero-order chi connectivity index (χ0) is 22.7. The number of nitriles is 1. The summed E-state index contributed by atoms with van der Waals surface area (Å²) in [6, 6.07) is 17.6. The second-order valence-electron chi connectivity index (χ2n) is 6.80. The molecule has 1 heterocycles. The van der Waals surface area contributed by atoms with Gasteiger partial charge in [0.2, 0.25) is 0 Å². The molecule has 32 heavy (non-hydrogen) atoms. The molecule has 0 bridgehead atoms. The number of carbonyl (C=O) groups excluding carboxylic acids is 3. The van der Waals surface area contributed by atoms with E-state index in [9.17, 15) is 18.8 Å². The maximum atomic E-state index is 13.2. The van der Waals surface area contributed by atoms with E-state index in [-0.39, 0.29) is 35.6 Å². The summed E-state index contributed by atoms with van der Waals surface area (Å²) >= 11 is 0. The predicted octanol–water partition coefficient (Wildman–Crippen LogP) is 3.73. The molecule has 0 unspecified atom stereocenters. The SMILES string of the molecule is N#Cc1ccc(OCCOC(=O)c2ccc3c(c2)C(=O)N(c2ccc(F)cc2)C3=O)cc1. The number of esters is 1. The zero-order valence-electron chi connectivity index (χ0n) is 16.6. The van der Waals surface area contributed by atoms with Crippen molar-refractivity contribution in [1.82, 2.24) is 0 Å². The quantitative estimate of drug-likeness (QED) is 0.336. The minimum atomic E-state index is -0.670. The fraction of sp³-hybridized carbons (Fsp3) is 0.0833. The van der Waals surface area contributed by atoms with Gasteiger partial charge < -0.3 is 9.47 Å². The van der Waals surface area contributed by atoms with Crippen molar-refractivity contribution in [3.63, 3.8) is 0 Å². The lowest BCUT2D eigenvalue weighted by Crippen LogP contribution is -2.29. The van der Waals surface area contributed by atoms with Crippen molar-refractivity contribution in [2.24, 2.45) is 0 Å². The molecule has 3 aromatic rings. The molecule has 8 heteroatoms. The van der Waals surface area contributed by atoms with Crippen LogP contribution in [0, 0.1) is 17.1 Å². The van der Waals surface area contributed by atoms with E-state index in [0.29, 0.717) is 11.3 Å². The van der Waals surface area contributed by atoms with Crippen LogP contribution in [-0.4, -0.2) is 31.0 Å². The van der Waals surface area contributed by atoms with E-state index in [0.717, 1.165) is 17.0 Å². The first-order valence-electron chi connectivity index (χ1n) is 9.56. The van der Waals surface area contributed by atoms with Gasteiger partial charge >= 0.3 is 5.97 Å². The number of imide groups is 1. The third kappa shape index (κ3) is 4.04. The van der Waals surface area contributed by atoms with Crippen LogP contribution < -0.4 is 9.64 Å². The highest BCUT2D eigenvalue weighted by molar-refractivity contribution is 6.34. The summed E-state index contributed by atoms with van der Waals surface area (Å²) in [5, 5.41) is 8.78. The average molecular weight is 430 g/mol. The molecule has 3 aromatic carbocycles. The van der Waals surface area contributed by atoms with E-state index in [1.54, 1.807) is 24.3 Å². The Morgan fingerprint density at radius 1 is 0.906 bits per heavy atom. The van der Waals surface area contributed by atoms with Crippen LogP contribution in [0.2, 0.25) is 0 Å². The van der Waals surface area contributed by atoms with Crippen molar-refractivity contribution in [2.45, 2.75) is 0 Å². The minimum absolute atomic E-state index is 0.0372. The van der Waals surface area contributed by atoms with Gasteiger partial charge in [0, 0.05) is 0 Å². The second-order valence-corrected chi connectivity index (χ2v) is 6.80. The van der Waals surface area contributed by atoms with E-state index >= 15 is 0 Å². The molecule has 0 saturated heterocycles. The first kappa shape index (κ1) is 20.8. The van der Waals surface area contributed by atoms with E-state index in [2.05, 4.69) is 0 Å². The summed E-state index contributed by atoms with van der Waals surface area (Å²) in [4.78, 5) is 38.7. The largest absolute Gasteiger partial charge is 0.490 e. The average Bonchev–Trinajstić information content (AvgIpc) is 3.07. The van der Waals surface area contributed by atoms with Gasteiger partial charge in [0.25, 0.3) is 11.8 Å². The molecule has 4 rings (SSSR count). The topological polar surface area (TPSA) is 96.7 Å². The molecular weight excluding hydrogens is 415 g/mol.